The first-order chi connectivity index (χ1) is 23.8. The van der Waals surface area contributed by atoms with Crippen molar-refractivity contribution in [3.8, 4) is 22.8 Å². The smallest absolute Gasteiger partial charge is 0.490 e. The number of benzene rings is 4. The highest BCUT2D eigenvalue weighted by Crippen LogP contribution is 2.30. The number of nitrogens with zero attached hydrogens (tertiary/aromatic N) is 4. The fraction of sp³-hybridized carbons (Fsp3) is 0.222. The number of hydrogen-bond donors (Lipinski definition) is 2. The number of aryl methyl sites for hydroxylation is 1. The normalized spacial score (nSPS) is 13.1. The number of fused-ring (bicyclic) bond motifs is 1. The minimum absolute atomic E-state index is 0.212. The Hall–Kier alpha value is -5.92. The first-order valence-corrected chi connectivity index (χ1v) is 15.5. The fourth-order valence-corrected chi connectivity index (χ4v) is 5.55. The van der Waals surface area contributed by atoms with Crippen LogP contribution in [-0.4, -0.2) is 81.5 Å². The average Bonchev–Trinajstić information content (AvgIpc) is 3.53. The molecular formula is C36H32F4N4O6. The summed E-state index contributed by atoms with van der Waals surface area (Å²) in [5.41, 5.74) is 3.04. The van der Waals surface area contributed by atoms with Crippen LogP contribution in [0.1, 0.15) is 33.3 Å². The number of aromatic nitrogens is 2. The fourth-order valence-electron chi connectivity index (χ4n) is 5.55. The summed E-state index contributed by atoms with van der Waals surface area (Å²) < 4.78 is 54.3. The highest BCUT2D eigenvalue weighted by atomic mass is 19.4. The van der Waals surface area contributed by atoms with Crippen molar-refractivity contribution >= 4 is 34.3 Å². The van der Waals surface area contributed by atoms with E-state index in [1.807, 2.05) is 74.5 Å². The van der Waals surface area contributed by atoms with Crippen LogP contribution in [0.2, 0.25) is 0 Å². The van der Waals surface area contributed by atoms with Gasteiger partial charge in [0.1, 0.15) is 23.1 Å². The molecule has 0 bridgehead atoms. The van der Waals surface area contributed by atoms with Crippen LogP contribution in [0.3, 0.4) is 0 Å². The third-order valence-corrected chi connectivity index (χ3v) is 7.95. The van der Waals surface area contributed by atoms with Gasteiger partial charge in [0.15, 0.2) is 0 Å². The van der Waals surface area contributed by atoms with Crippen LogP contribution in [0.25, 0.3) is 27.8 Å². The molecular weight excluding hydrogens is 660 g/mol. The third-order valence-electron chi connectivity index (χ3n) is 7.95. The molecule has 2 heterocycles. The Morgan fingerprint density at radius 3 is 2.22 bits per heavy atom. The quantitative estimate of drug-likeness (QED) is 0.178. The van der Waals surface area contributed by atoms with Crippen LogP contribution < -0.4 is 9.64 Å². The maximum absolute atomic E-state index is 15.2. The Labute approximate surface area is 283 Å². The number of halogens is 4. The monoisotopic (exact) mass is 692 g/mol. The number of alkyl halides is 3. The number of anilines is 1. The van der Waals surface area contributed by atoms with Crippen LogP contribution in [0.5, 0.6) is 5.75 Å². The summed E-state index contributed by atoms with van der Waals surface area (Å²) >= 11 is 0. The molecule has 14 heteroatoms. The highest BCUT2D eigenvalue weighted by Gasteiger charge is 2.38. The molecule has 1 fully saturated rings. The van der Waals surface area contributed by atoms with Crippen molar-refractivity contribution in [2.45, 2.75) is 20.0 Å². The Morgan fingerprint density at radius 1 is 0.880 bits per heavy atom. The van der Waals surface area contributed by atoms with Gasteiger partial charge in [0.2, 0.25) is 0 Å². The first-order valence-electron chi connectivity index (χ1n) is 15.5. The van der Waals surface area contributed by atoms with Gasteiger partial charge >= 0.3 is 18.1 Å². The lowest BCUT2D eigenvalue weighted by Crippen LogP contribution is -2.49. The number of piperazine rings is 1. The Balaban J connectivity index is 0.000000630. The number of aliphatic carboxylic acids is 1. The molecule has 0 aliphatic carbocycles. The van der Waals surface area contributed by atoms with Gasteiger partial charge in [-0.15, -0.1) is 0 Å². The van der Waals surface area contributed by atoms with Crippen molar-refractivity contribution in [3.05, 3.63) is 108 Å². The molecule has 5 aromatic rings. The van der Waals surface area contributed by atoms with Crippen molar-refractivity contribution in [2.75, 3.05) is 37.7 Å². The zero-order valence-electron chi connectivity index (χ0n) is 26.9. The van der Waals surface area contributed by atoms with E-state index in [0.717, 1.165) is 16.6 Å². The van der Waals surface area contributed by atoms with E-state index >= 15 is 4.39 Å². The predicted molar refractivity (Wildman–Crippen MR) is 178 cm³/mol. The number of rotatable bonds is 7. The lowest BCUT2D eigenvalue weighted by atomic mass is 10.0. The number of carbonyl (C=O) groups excluding carboxylic acids is 1. The van der Waals surface area contributed by atoms with Gasteiger partial charge in [-0.1, -0.05) is 36.4 Å². The molecule has 0 spiro atoms. The summed E-state index contributed by atoms with van der Waals surface area (Å²) in [5, 5.41) is 18.5. The Morgan fingerprint density at radius 2 is 1.58 bits per heavy atom. The van der Waals surface area contributed by atoms with Crippen LogP contribution in [0.15, 0.2) is 85.1 Å². The second-order valence-electron chi connectivity index (χ2n) is 11.3. The van der Waals surface area contributed by atoms with E-state index in [1.54, 1.807) is 27.8 Å². The van der Waals surface area contributed by atoms with Crippen molar-refractivity contribution in [2.24, 2.45) is 0 Å². The molecule has 0 atom stereocenters. The number of carbonyl (C=O) groups is 3. The molecule has 1 aliphatic heterocycles. The largest absolute Gasteiger partial charge is 0.494 e. The van der Waals surface area contributed by atoms with Gasteiger partial charge in [0.25, 0.3) is 5.91 Å². The van der Waals surface area contributed by atoms with E-state index in [2.05, 4.69) is 9.88 Å². The highest BCUT2D eigenvalue weighted by molar-refractivity contribution is 6.05. The molecule has 0 radical (unpaired) electrons. The van der Waals surface area contributed by atoms with E-state index in [1.165, 1.54) is 6.07 Å². The summed E-state index contributed by atoms with van der Waals surface area (Å²) in [7, 11) is 0. The summed E-state index contributed by atoms with van der Waals surface area (Å²) in [6.07, 6.45) is -3.43. The zero-order valence-corrected chi connectivity index (χ0v) is 26.9. The van der Waals surface area contributed by atoms with Gasteiger partial charge in [-0.3, -0.25) is 9.36 Å². The molecule has 1 saturated heterocycles. The van der Waals surface area contributed by atoms with Gasteiger partial charge in [-0.25, -0.2) is 19.0 Å². The summed E-state index contributed by atoms with van der Waals surface area (Å²) in [4.78, 5) is 43.1. The Bertz CT molecular complexity index is 2050. The molecule has 1 aliphatic rings. The number of amides is 1. The SMILES string of the molecule is CCOc1cccc(-n2cc(C(=O)N3CCN(c4cc(C(=O)O)c5ccccc5c4)CC3)nc2-c2ccc(C)cc2F)c1.O=C(O)C(F)(F)F. The molecule has 1 aromatic heterocycles. The topological polar surface area (TPSA) is 125 Å². The van der Waals surface area contributed by atoms with Crippen molar-refractivity contribution < 1.29 is 46.9 Å². The van der Waals surface area contributed by atoms with Gasteiger partial charge in [0, 0.05) is 44.1 Å². The summed E-state index contributed by atoms with van der Waals surface area (Å²) in [5.74, 6) is -3.42. The number of hydrogen-bond acceptors (Lipinski definition) is 6. The lowest BCUT2D eigenvalue weighted by molar-refractivity contribution is -0.192. The number of carboxylic acid groups (broad SMARTS) is 2. The summed E-state index contributed by atoms with van der Waals surface area (Å²) in [6.45, 7) is 6.13. The molecule has 2 N–H and O–H groups in total. The van der Waals surface area contributed by atoms with Crippen LogP contribution in [0, 0.1) is 12.7 Å². The summed E-state index contributed by atoms with van der Waals surface area (Å²) in [6, 6.07) is 23.4. The van der Waals surface area contributed by atoms with Gasteiger partial charge in [0.05, 0.1) is 23.4 Å². The van der Waals surface area contributed by atoms with Gasteiger partial charge in [-0.05, 0) is 66.6 Å². The molecule has 0 unspecified atom stereocenters. The number of ether oxygens (including phenoxy) is 1. The molecule has 1 amide bonds. The minimum atomic E-state index is -5.08. The lowest BCUT2D eigenvalue weighted by Gasteiger charge is -2.36. The predicted octanol–water partition coefficient (Wildman–Crippen LogP) is 6.83. The van der Waals surface area contributed by atoms with Crippen molar-refractivity contribution in [3.63, 3.8) is 0 Å². The molecule has 4 aromatic carbocycles. The molecule has 10 nitrogen and oxygen atoms in total. The molecule has 6 rings (SSSR count). The van der Waals surface area contributed by atoms with Gasteiger partial charge in [-0.2, -0.15) is 13.2 Å². The van der Waals surface area contributed by atoms with E-state index in [-0.39, 0.29) is 17.2 Å². The molecule has 0 saturated carbocycles. The zero-order chi connectivity index (χ0) is 36.2. The van der Waals surface area contributed by atoms with Crippen LogP contribution >= 0.6 is 0 Å². The van der Waals surface area contributed by atoms with Gasteiger partial charge < -0.3 is 24.7 Å². The van der Waals surface area contributed by atoms with Crippen molar-refractivity contribution in [1.82, 2.24) is 14.5 Å². The van der Waals surface area contributed by atoms with Crippen LogP contribution in [-0.2, 0) is 4.79 Å². The third kappa shape index (κ3) is 7.86. The van der Waals surface area contributed by atoms with Crippen LogP contribution in [0.4, 0.5) is 23.2 Å². The number of imidazole rings is 1. The van der Waals surface area contributed by atoms with E-state index in [0.29, 0.717) is 61.0 Å². The number of aromatic carboxylic acids is 1. The average molecular weight is 693 g/mol. The molecule has 260 valence electrons. The van der Waals surface area contributed by atoms with E-state index in [4.69, 9.17) is 14.6 Å². The molecule has 50 heavy (non-hydrogen) atoms. The standard InChI is InChI=1S/C34H31FN4O4.C2HF3O2/c1-3-43-26-9-6-8-24(19-26)39-21-31(36-32(39)28-12-11-22(2)17-30(28)35)33(40)38-15-13-37(14-16-38)25-18-23-7-4-5-10-27(23)29(20-25)34(41)42;3-2(4,5)1(6)7/h4-12,17-21H,3,13-16H2,1-2H3,(H,41,42);(H,6,7). The van der Waals surface area contributed by atoms with E-state index < -0.39 is 23.9 Å². The van der Waals surface area contributed by atoms with E-state index in [9.17, 15) is 27.9 Å². The maximum atomic E-state index is 15.2. The second-order valence-corrected chi connectivity index (χ2v) is 11.3. The van der Waals surface area contributed by atoms with Crippen molar-refractivity contribution in [1.29, 1.82) is 0 Å². The minimum Gasteiger partial charge on any atom is -0.494 e. The number of carboxylic acids is 2. The first kappa shape index (κ1) is 35.4. The second kappa shape index (κ2) is 14.7. The Kier molecular flexibility index (Phi) is 10.4. The maximum Gasteiger partial charge on any atom is 0.490 e.